The van der Waals surface area contributed by atoms with Crippen LogP contribution in [0.3, 0.4) is 0 Å². The molecule has 0 aliphatic rings. The van der Waals surface area contributed by atoms with Gasteiger partial charge in [0.15, 0.2) is 6.61 Å². The second kappa shape index (κ2) is 11.8. The number of carbonyl (C=O) groups is 2. The Kier molecular flexibility index (Phi) is 9.75. The number of nitrogens with zero attached hydrogens (tertiary/aromatic N) is 1. The zero-order chi connectivity index (χ0) is 22.3. The molecule has 0 fully saturated rings. The average Bonchev–Trinajstić information content (AvgIpc) is 2.70. The molecule has 1 N–H and O–H groups in total. The van der Waals surface area contributed by atoms with Crippen LogP contribution in [-0.2, 0) is 16.1 Å². The summed E-state index contributed by atoms with van der Waals surface area (Å²) in [5.41, 5.74) is 0.678. The maximum Gasteiger partial charge on any atom is 0.261 e. The third-order valence-corrected chi connectivity index (χ3v) is 5.76. The molecule has 2 aromatic carbocycles. The first-order chi connectivity index (χ1) is 14.2. The minimum absolute atomic E-state index is 0.140. The lowest BCUT2D eigenvalue weighted by molar-refractivity contribution is -0.142. The highest BCUT2D eigenvalue weighted by Gasteiger charge is 2.27. The number of rotatable bonds is 9. The third kappa shape index (κ3) is 7.05. The highest BCUT2D eigenvalue weighted by Crippen LogP contribution is 2.28. The van der Waals surface area contributed by atoms with E-state index in [2.05, 4.69) is 21.2 Å². The molecule has 2 amide bonds. The van der Waals surface area contributed by atoms with Gasteiger partial charge in [0, 0.05) is 28.2 Å². The standard InChI is InChI=1S/C21H22BrCl3N2O3/c1-3-8-26-21(29)13(2)27(11-14-4-5-16(24)10-18(14)25)20(28)12-30-19-7-6-15(23)9-17(19)22/h4-7,9-10,13H,3,8,11-12H2,1-2H3,(H,26,29)/t13-/m1/s1. The fraction of sp³-hybridized carbons (Fsp3) is 0.333. The van der Waals surface area contributed by atoms with Crippen LogP contribution in [0, 0.1) is 0 Å². The summed E-state index contributed by atoms with van der Waals surface area (Å²) in [6.45, 7) is 4.04. The van der Waals surface area contributed by atoms with Crippen LogP contribution in [0.4, 0.5) is 0 Å². The van der Waals surface area contributed by atoms with Gasteiger partial charge < -0.3 is 15.0 Å². The number of halogens is 4. The Labute approximate surface area is 199 Å². The highest BCUT2D eigenvalue weighted by molar-refractivity contribution is 9.10. The monoisotopic (exact) mass is 534 g/mol. The lowest BCUT2D eigenvalue weighted by atomic mass is 10.1. The molecule has 2 rings (SSSR count). The lowest BCUT2D eigenvalue weighted by Crippen LogP contribution is -2.49. The summed E-state index contributed by atoms with van der Waals surface area (Å²) >= 11 is 21.5. The van der Waals surface area contributed by atoms with E-state index in [0.29, 0.717) is 37.4 Å². The Morgan fingerprint density at radius 1 is 1.13 bits per heavy atom. The van der Waals surface area contributed by atoms with Crippen LogP contribution in [0.25, 0.3) is 0 Å². The van der Waals surface area contributed by atoms with Crippen molar-refractivity contribution in [2.24, 2.45) is 0 Å². The molecular weight excluding hydrogens is 515 g/mol. The maximum atomic E-state index is 13.0. The van der Waals surface area contributed by atoms with Crippen LogP contribution in [0.15, 0.2) is 40.9 Å². The van der Waals surface area contributed by atoms with Crippen molar-refractivity contribution in [2.45, 2.75) is 32.9 Å². The average molecular weight is 537 g/mol. The van der Waals surface area contributed by atoms with E-state index in [-0.39, 0.29) is 25.0 Å². The number of benzene rings is 2. The van der Waals surface area contributed by atoms with E-state index >= 15 is 0 Å². The fourth-order valence-electron chi connectivity index (χ4n) is 2.63. The summed E-state index contributed by atoms with van der Waals surface area (Å²) in [5, 5.41) is 4.27. The number of ether oxygens (including phenoxy) is 1. The van der Waals surface area contributed by atoms with Gasteiger partial charge >= 0.3 is 0 Å². The van der Waals surface area contributed by atoms with Crippen molar-refractivity contribution in [1.82, 2.24) is 10.2 Å². The van der Waals surface area contributed by atoms with E-state index in [9.17, 15) is 9.59 Å². The molecular formula is C21H22BrCl3N2O3. The van der Waals surface area contributed by atoms with Crippen LogP contribution >= 0.6 is 50.7 Å². The molecule has 0 aromatic heterocycles. The smallest absolute Gasteiger partial charge is 0.261 e. The SMILES string of the molecule is CCCNC(=O)[C@@H](C)N(Cc1ccc(Cl)cc1Cl)C(=O)COc1ccc(Cl)cc1Br. The van der Waals surface area contributed by atoms with Gasteiger partial charge in [-0.25, -0.2) is 0 Å². The summed E-state index contributed by atoms with van der Waals surface area (Å²) in [7, 11) is 0. The molecule has 0 spiro atoms. The van der Waals surface area contributed by atoms with Crippen molar-refractivity contribution in [3.05, 3.63) is 61.5 Å². The van der Waals surface area contributed by atoms with Crippen LogP contribution in [0.5, 0.6) is 5.75 Å². The maximum absolute atomic E-state index is 13.0. The van der Waals surface area contributed by atoms with Crippen LogP contribution in [0.1, 0.15) is 25.8 Å². The van der Waals surface area contributed by atoms with Crippen molar-refractivity contribution in [3.8, 4) is 5.75 Å². The topological polar surface area (TPSA) is 58.6 Å². The van der Waals surface area contributed by atoms with Gasteiger partial charge in [0.2, 0.25) is 5.91 Å². The predicted molar refractivity (Wildman–Crippen MR) is 124 cm³/mol. The number of hydrogen-bond donors (Lipinski definition) is 1. The van der Waals surface area contributed by atoms with Crippen molar-refractivity contribution < 1.29 is 14.3 Å². The summed E-state index contributed by atoms with van der Waals surface area (Å²) < 4.78 is 6.28. The van der Waals surface area contributed by atoms with Crippen LogP contribution in [-0.4, -0.2) is 35.9 Å². The fourth-order valence-corrected chi connectivity index (χ4v) is 3.89. The molecule has 30 heavy (non-hydrogen) atoms. The normalized spacial score (nSPS) is 11.7. The van der Waals surface area contributed by atoms with E-state index in [1.165, 1.54) is 4.90 Å². The Bertz CT molecular complexity index is 911. The van der Waals surface area contributed by atoms with E-state index in [4.69, 9.17) is 39.5 Å². The molecule has 0 saturated heterocycles. The summed E-state index contributed by atoms with van der Waals surface area (Å²) in [6.07, 6.45) is 0.795. The Morgan fingerprint density at radius 2 is 1.80 bits per heavy atom. The van der Waals surface area contributed by atoms with E-state index in [1.807, 2.05) is 6.92 Å². The van der Waals surface area contributed by atoms with Gasteiger partial charge in [-0.05, 0) is 65.2 Å². The highest BCUT2D eigenvalue weighted by atomic mass is 79.9. The van der Waals surface area contributed by atoms with Crippen molar-refractivity contribution in [3.63, 3.8) is 0 Å². The van der Waals surface area contributed by atoms with Crippen molar-refractivity contribution in [2.75, 3.05) is 13.2 Å². The molecule has 0 saturated carbocycles. The van der Waals surface area contributed by atoms with E-state index < -0.39 is 6.04 Å². The largest absolute Gasteiger partial charge is 0.483 e. The van der Waals surface area contributed by atoms with E-state index in [1.54, 1.807) is 43.3 Å². The molecule has 5 nitrogen and oxygen atoms in total. The second-order valence-corrected chi connectivity index (χ2v) is 8.72. The number of hydrogen-bond acceptors (Lipinski definition) is 3. The molecule has 2 aromatic rings. The van der Waals surface area contributed by atoms with Gasteiger partial charge in [-0.15, -0.1) is 0 Å². The second-order valence-electron chi connectivity index (χ2n) is 6.59. The molecule has 0 heterocycles. The van der Waals surface area contributed by atoms with Gasteiger partial charge in [0.25, 0.3) is 5.91 Å². The van der Waals surface area contributed by atoms with Crippen LogP contribution in [0.2, 0.25) is 15.1 Å². The zero-order valence-corrected chi connectivity index (χ0v) is 20.4. The predicted octanol–water partition coefficient (Wildman–Crippen LogP) is 5.73. The van der Waals surface area contributed by atoms with Gasteiger partial charge in [0.1, 0.15) is 11.8 Å². The van der Waals surface area contributed by atoms with Gasteiger partial charge in [-0.2, -0.15) is 0 Å². The molecule has 1 atom stereocenters. The minimum atomic E-state index is -0.715. The number of amides is 2. The van der Waals surface area contributed by atoms with Gasteiger partial charge in [0.05, 0.1) is 4.47 Å². The summed E-state index contributed by atoms with van der Waals surface area (Å²) in [5.74, 6) is -0.134. The zero-order valence-electron chi connectivity index (χ0n) is 16.6. The van der Waals surface area contributed by atoms with Gasteiger partial charge in [-0.1, -0.05) is 47.8 Å². The third-order valence-electron chi connectivity index (χ3n) is 4.32. The first-order valence-electron chi connectivity index (χ1n) is 9.31. The van der Waals surface area contributed by atoms with Gasteiger partial charge in [-0.3, -0.25) is 9.59 Å². The molecule has 0 aliphatic heterocycles. The first kappa shape index (κ1) is 24.8. The molecule has 9 heteroatoms. The molecule has 162 valence electrons. The summed E-state index contributed by atoms with van der Waals surface area (Å²) in [6, 6.07) is 9.31. The van der Waals surface area contributed by atoms with Crippen LogP contribution < -0.4 is 10.1 Å². The molecule has 0 bridgehead atoms. The lowest BCUT2D eigenvalue weighted by Gasteiger charge is -2.29. The van der Waals surface area contributed by atoms with Crippen molar-refractivity contribution >= 4 is 62.5 Å². The summed E-state index contributed by atoms with van der Waals surface area (Å²) in [4.78, 5) is 27.0. The minimum Gasteiger partial charge on any atom is -0.483 e. The Hall–Kier alpha value is -1.47. The number of nitrogens with one attached hydrogen (secondary N) is 1. The Morgan fingerprint density at radius 3 is 2.43 bits per heavy atom. The first-order valence-corrected chi connectivity index (χ1v) is 11.2. The quantitative estimate of drug-likeness (QED) is 0.445. The van der Waals surface area contributed by atoms with Crippen molar-refractivity contribution in [1.29, 1.82) is 0 Å². The van der Waals surface area contributed by atoms with E-state index in [0.717, 1.165) is 6.42 Å². The Balaban J connectivity index is 2.19. The molecule has 0 unspecified atom stereocenters. The number of carbonyl (C=O) groups excluding carboxylic acids is 2. The molecule has 0 radical (unpaired) electrons. The molecule has 0 aliphatic carbocycles.